The molecule has 13 rings (SSSR count). The van der Waals surface area contributed by atoms with E-state index in [0.29, 0.717) is 5.82 Å². The van der Waals surface area contributed by atoms with Crippen LogP contribution in [0.25, 0.3) is 88.8 Å². The van der Waals surface area contributed by atoms with Crippen LogP contribution in [0.3, 0.4) is 0 Å². The van der Waals surface area contributed by atoms with Crippen LogP contribution < -0.4 is 0 Å². The van der Waals surface area contributed by atoms with Crippen molar-refractivity contribution in [1.29, 1.82) is 0 Å². The quantitative estimate of drug-likeness (QED) is 0.167. The number of benzene rings is 10. The number of hydrogen-bond acceptors (Lipinski definition) is 2. The second-order valence-electron chi connectivity index (χ2n) is 18.4. The van der Waals surface area contributed by atoms with Crippen LogP contribution in [0.1, 0.15) is 47.2 Å². The van der Waals surface area contributed by atoms with Gasteiger partial charge in [-0.2, -0.15) is 0 Å². The second-order valence-corrected chi connectivity index (χ2v) is 18.4. The van der Waals surface area contributed by atoms with Crippen molar-refractivity contribution in [3.05, 3.63) is 264 Å². The Balaban J connectivity index is 0.975. The Morgan fingerprint density at radius 2 is 0.848 bits per heavy atom. The van der Waals surface area contributed by atoms with E-state index < -0.39 is 5.41 Å². The highest BCUT2D eigenvalue weighted by molar-refractivity contribution is 6.06. The molecule has 0 saturated carbocycles. The molecule has 0 unspecified atom stereocenters. The summed E-state index contributed by atoms with van der Waals surface area (Å²) in [7, 11) is 0. The summed E-state index contributed by atoms with van der Waals surface area (Å²) in [5, 5.41) is 4.98. The fourth-order valence-electron chi connectivity index (χ4n) is 11.6. The molecule has 0 spiro atoms. The van der Waals surface area contributed by atoms with E-state index in [9.17, 15) is 0 Å². The van der Waals surface area contributed by atoms with Gasteiger partial charge in [0.25, 0.3) is 0 Å². The zero-order valence-corrected chi connectivity index (χ0v) is 36.8. The Morgan fingerprint density at radius 1 is 0.318 bits per heavy atom. The SMILES string of the molecule is CC1(C)c2ccc(-c3ccc(-c4cc(-c5ccc6c(c5)-c5ccccc5C6(c5ccccc5)c5ccccc5)nc(-c5ccccc5)n4)c4ccccc34)cc2-c2ccc3ccccc3c21. The number of rotatable bonds is 6. The Labute approximate surface area is 385 Å². The van der Waals surface area contributed by atoms with Gasteiger partial charge in [-0.1, -0.05) is 226 Å². The van der Waals surface area contributed by atoms with E-state index in [1.54, 1.807) is 0 Å². The minimum absolute atomic E-state index is 0.105. The zero-order valence-electron chi connectivity index (χ0n) is 36.8. The highest BCUT2D eigenvalue weighted by Gasteiger charge is 2.46. The Bertz CT molecular complexity index is 3680. The molecule has 0 radical (unpaired) electrons. The smallest absolute Gasteiger partial charge is 0.160 e. The highest BCUT2D eigenvalue weighted by Crippen LogP contribution is 2.57. The first-order chi connectivity index (χ1) is 32.5. The molecule has 2 aliphatic rings. The minimum atomic E-state index is -0.466. The van der Waals surface area contributed by atoms with E-state index in [4.69, 9.17) is 9.97 Å². The summed E-state index contributed by atoms with van der Waals surface area (Å²) in [6, 6.07) is 84.3. The van der Waals surface area contributed by atoms with Gasteiger partial charge in [0, 0.05) is 22.1 Å². The van der Waals surface area contributed by atoms with Gasteiger partial charge in [0.2, 0.25) is 0 Å². The van der Waals surface area contributed by atoms with E-state index in [-0.39, 0.29) is 5.41 Å². The molecule has 0 atom stereocenters. The van der Waals surface area contributed by atoms with Crippen molar-refractivity contribution >= 4 is 21.5 Å². The number of aromatic nitrogens is 2. The molecule has 0 N–H and O–H groups in total. The van der Waals surface area contributed by atoms with Gasteiger partial charge in [-0.25, -0.2) is 9.97 Å². The van der Waals surface area contributed by atoms with Crippen molar-refractivity contribution < 1.29 is 0 Å². The van der Waals surface area contributed by atoms with Gasteiger partial charge in [-0.15, -0.1) is 0 Å². The van der Waals surface area contributed by atoms with Crippen LogP contribution in [0.2, 0.25) is 0 Å². The lowest BCUT2D eigenvalue weighted by Gasteiger charge is -2.33. The summed E-state index contributed by atoms with van der Waals surface area (Å²) in [6.45, 7) is 4.75. The summed E-state index contributed by atoms with van der Waals surface area (Å²) in [5.74, 6) is 0.701. The summed E-state index contributed by atoms with van der Waals surface area (Å²) in [5.41, 5.74) is 19.7. The molecule has 1 heterocycles. The number of hydrogen-bond donors (Lipinski definition) is 0. The van der Waals surface area contributed by atoms with Gasteiger partial charge >= 0.3 is 0 Å². The maximum Gasteiger partial charge on any atom is 0.160 e. The zero-order chi connectivity index (χ0) is 44.0. The lowest BCUT2D eigenvalue weighted by molar-refractivity contribution is 0.666. The molecule has 310 valence electrons. The van der Waals surface area contributed by atoms with Crippen molar-refractivity contribution in [2.45, 2.75) is 24.7 Å². The molecule has 0 aliphatic heterocycles. The third-order valence-corrected chi connectivity index (χ3v) is 14.6. The fourth-order valence-corrected chi connectivity index (χ4v) is 11.6. The van der Waals surface area contributed by atoms with Crippen LogP contribution in [-0.2, 0) is 10.8 Å². The largest absolute Gasteiger partial charge is 0.228 e. The van der Waals surface area contributed by atoms with Crippen molar-refractivity contribution in [3.63, 3.8) is 0 Å². The molecule has 11 aromatic rings. The molecular weight excluding hydrogens is 797 g/mol. The molecule has 0 fully saturated rings. The van der Waals surface area contributed by atoms with Crippen molar-refractivity contribution in [2.24, 2.45) is 0 Å². The van der Waals surface area contributed by atoms with Crippen LogP contribution in [0.4, 0.5) is 0 Å². The van der Waals surface area contributed by atoms with Gasteiger partial charge in [-0.05, 0) is 107 Å². The summed E-state index contributed by atoms with van der Waals surface area (Å²) >= 11 is 0. The average Bonchev–Trinajstić information content (AvgIpc) is 3.81. The predicted octanol–water partition coefficient (Wildman–Crippen LogP) is 16.1. The Hall–Kier alpha value is -8.20. The van der Waals surface area contributed by atoms with Crippen molar-refractivity contribution in [3.8, 4) is 67.3 Å². The number of nitrogens with zero attached hydrogens (tertiary/aromatic N) is 2. The predicted molar refractivity (Wildman–Crippen MR) is 274 cm³/mol. The summed E-state index contributed by atoms with van der Waals surface area (Å²) in [6.07, 6.45) is 0. The molecule has 0 bridgehead atoms. The highest BCUT2D eigenvalue weighted by atomic mass is 14.9. The van der Waals surface area contributed by atoms with Gasteiger partial charge in [0.05, 0.1) is 16.8 Å². The van der Waals surface area contributed by atoms with E-state index >= 15 is 0 Å². The third kappa shape index (κ3) is 5.61. The Kier molecular flexibility index (Phi) is 8.51. The topological polar surface area (TPSA) is 25.8 Å². The standard InChI is InChI=1S/C64H44N2/c1-63(2)56-36-31-43(38-55(56)53-33-30-41-18-12-13-25-48(41)61(53)63)47-34-35-52(50-27-15-14-26-49(47)50)60-40-59(65-62(66-60)42-19-6-3-7-20-42)44-32-37-58-54(39-44)51-28-16-17-29-57(51)64(58,45-21-8-4-9-22-45)46-23-10-5-11-24-46/h3-40H,1-2H3. The van der Waals surface area contributed by atoms with E-state index in [2.05, 4.69) is 238 Å². The first-order valence-corrected chi connectivity index (χ1v) is 23.0. The molecule has 66 heavy (non-hydrogen) atoms. The molecule has 0 amide bonds. The molecule has 1 aromatic heterocycles. The van der Waals surface area contributed by atoms with Crippen LogP contribution in [0, 0.1) is 0 Å². The third-order valence-electron chi connectivity index (χ3n) is 14.6. The normalized spacial score (nSPS) is 13.8. The van der Waals surface area contributed by atoms with Crippen LogP contribution in [-0.4, -0.2) is 9.97 Å². The van der Waals surface area contributed by atoms with E-state index in [1.165, 1.54) is 82.9 Å². The van der Waals surface area contributed by atoms with Crippen molar-refractivity contribution in [1.82, 2.24) is 9.97 Å². The second kappa shape index (κ2) is 14.7. The number of fused-ring (bicyclic) bond motifs is 9. The molecule has 2 heteroatoms. The van der Waals surface area contributed by atoms with Gasteiger partial charge in [-0.3, -0.25) is 0 Å². The van der Waals surface area contributed by atoms with Gasteiger partial charge < -0.3 is 0 Å². The minimum Gasteiger partial charge on any atom is -0.228 e. The summed E-state index contributed by atoms with van der Waals surface area (Å²) in [4.78, 5) is 10.7. The van der Waals surface area contributed by atoms with E-state index in [0.717, 1.165) is 33.5 Å². The molecule has 10 aromatic carbocycles. The maximum absolute atomic E-state index is 5.36. The van der Waals surface area contributed by atoms with Crippen molar-refractivity contribution in [2.75, 3.05) is 0 Å². The van der Waals surface area contributed by atoms with Crippen LogP contribution in [0.5, 0.6) is 0 Å². The fraction of sp³-hybridized carbons (Fsp3) is 0.0625. The lowest BCUT2D eigenvalue weighted by Crippen LogP contribution is -2.28. The average molecular weight is 841 g/mol. The molecular formula is C64H44N2. The molecule has 2 aliphatic carbocycles. The van der Waals surface area contributed by atoms with Crippen LogP contribution in [0.15, 0.2) is 231 Å². The van der Waals surface area contributed by atoms with Crippen LogP contribution >= 0.6 is 0 Å². The Morgan fingerprint density at radius 3 is 1.61 bits per heavy atom. The maximum atomic E-state index is 5.36. The lowest BCUT2D eigenvalue weighted by atomic mass is 9.67. The first kappa shape index (κ1) is 38.3. The van der Waals surface area contributed by atoms with Gasteiger partial charge in [0.1, 0.15) is 0 Å². The monoisotopic (exact) mass is 840 g/mol. The van der Waals surface area contributed by atoms with E-state index in [1.807, 2.05) is 6.07 Å². The van der Waals surface area contributed by atoms with Gasteiger partial charge in [0.15, 0.2) is 5.82 Å². The molecule has 2 nitrogen and oxygen atoms in total. The molecule has 0 saturated heterocycles. The first-order valence-electron chi connectivity index (χ1n) is 23.0. The summed E-state index contributed by atoms with van der Waals surface area (Å²) < 4.78 is 0.